The fourth-order valence-corrected chi connectivity index (χ4v) is 3.09. The van der Waals surface area contributed by atoms with Crippen LogP contribution < -0.4 is 10.6 Å². The highest BCUT2D eigenvalue weighted by atomic mass is 35.5. The summed E-state index contributed by atoms with van der Waals surface area (Å²) < 4.78 is 1.31. The molecule has 1 saturated carbocycles. The van der Waals surface area contributed by atoms with Gasteiger partial charge in [-0.25, -0.2) is 4.68 Å². The summed E-state index contributed by atoms with van der Waals surface area (Å²) in [5.41, 5.74) is 0.851. The minimum atomic E-state index is -0.298. The fourth-order valence-electron chi connectivity index (χ4n) is 2.89. The van der Waals surface area contributed by atoms with Gasteiger partial charge in [-0.3, -0.25) is 9.59 Å². The van der Waals surface area contributed by atoms with Crippen LogP contribution in [0.3, 0.4) is 0 Å². The van der Waals surface area contributed by atoms with Gasteiger partial charge < -0.3 is 10.6 Å². The molecule has 1 aromatic carbocycles. The number of hydrogen-bond acceptors (Lipinski definition) is 5. The predicted molar refractivity (Wildman–Crippen MR) is 92.2 cm³/mol. The summed E-state index contributed by atoms with van der Waals surface area (Å²) in [5, 5.41) is 16.7. The first kappa shape index (κ1) is 17.3. The molecule has 0 atom stereocenters. The number of carbonyl (C=O) groups is 2. The number of aromatic nitrogens is 4. The zero-order chi connectivity index (χ0) is 17.6. The number of amides is 2. The summed E-state index contributed by atoms with van der Waals surface area (Å²) in [6.07, 6.45) is 6.82. The lowest BCUT2D eigenvalue weighted by molar-refractivity contribution is -0.116. The molecule has 1 aliphatic carbocycles. The first-order valence-corrected chi connectivity index (χ1v) is 8.60. The molecule has 0 spiro atoms. The first-order valence-electron chi connectivity index (χ1n) is 8.23. The standard InChI is InChI=1S/C16H19ClN6O2/c17-14-7-6-12(19-15(24)9-23-10-18-21-22-23)8-13(14)16(25)20-11-4-2-1-3-5-11/h6-8,10-11H,1-5,9H2,(H,19,24)(H,20,25). The number of tetrazole rings is 1. The van der Waals surface area contributed by atoms with Gasteiger partial charge in [0.2, 0.25) is 5.91 Å². The summed E-state index contributed by atoms with van der Waals surface area (Å²) in [4.78, 5) is 24.5. The average molecular weight is 363 g/mol. The number of nitrogens with one attached hydrogen (secondary N) is 2. The van der Waals surface area contributed by atoms with Crippen molar-refractivity contribution < 1.29 is 9.59 Å². The van der Waals surface area contributed by atoms with Gasteiger partial charge in [-0.2, -0.15) is 0 Å². The van der Waals surface area contributed by atoms with E-state index in [1.54, 1.807) is 18.2 Å². The average Bonchev–Trinajstić information content (AvgIpc) is 3.10. The molecule has 9 heteroatoms. The molecule has 0 radical (unpaired) electrons. The molecule has 0 unspecified atom stereocenters. The van der Waals surface area contributed by atoms with Crippen molar-refractivity contribution in [3.63, 3.8) is 0 Å². The zero-order valence-electron chi connectivity index (χ0n) is 13.6. The largest absolute Gasteiger partial charge is 0.349 e. The predicted octanol–water partition coefficient (Wildman–Crippen LogP) is 2.03. The third-order valence-electron chi connectivity index (χ3n) is 4.13. The van der Waals surface area contributed by atoms with E-state index in [2.05, 4.69) is 26.2 Å². The van der Waals surface area contributed by atoms with E-state index in [1.165, 1.54) is 17.4 Å². The Morgan fingerprint density at radius 3 is 2.76 bits per heavy atom. The summed E-state index contributed by atoms with van der Waals surface area (Å²) in [7, 11) is 0. The molecule has 0 aliphatic heterocycles. The van der Waals surface area contributed by atoms with Crippen LogP contribution in [0.2, 0.25) is 5.02 Å². The Bertz CT molecular complexity index is 743. The number of rotatable bonds is 5. The second-order valence-corrected chi connectivity index (χ2v) is 6.47. The van der Waals surface area contributed by atoms with Gasteiger partial charge >= 0.3 is 0 Å². The number of carbonyl (C=O) groups excluding carboxylic acids is 2. The SMILES string of the molecule is O=C(Cn1cnnn1)Nc1ccc(Cl)c(C(=O)NC2CCCCC2)c1. The Morgan fingerprint density at radius 1 is 1.24 bits per heavy atom. The van der Waals surface area contributed by atoms with Crippen LogP contribution in [0.15, 0.2) is 24.5 Å². The molecule has 1 heterocycles. The Morgan fingerprint density at radius 2 is 2.04 bits per heavy atom. The molecule has 132 valence electrons. The smallest absolute Gasteiger partial charge is 0.253 e. The number of halogens is 1. The molecule has 2 amide bonds. The quantitative estimate of drug-likeness (QED) is 0.847. The molecule has 0 bridgehead atoms. The lowest BCUT2D eigenvalue weighted by Crippen LogP contribution is -2.36. The van der Waals surface area contributed by atoms with Crippen molar-refractivity contribution in [1.82, 2.24) is 25.5 Å². The van der Waals surface area contributed by atoms with E-state index in [0.717, 1.165) is 25.7 Å². The van der Waals surface area contributed by atoms with Crippen LogP contribution in [0, 0.1) is 0 Å². The van der Waals surface area contributed by atoms with Crippen molar-refractivity contribution >= 4 is 29.1 Å². The molecule has 25 heavy (non-hydrogen) atoms. The Hall–Kier alpha value is -2.48. The van der Waals surface area contributed by atoms with Crippen LogP contribution >= 0.6 is 11.6 Å². The van der Waals surface area contributed by atoms with Crippen LogP contribution in [0.25, 0.3) is 0 Å². The van der Waals surface area contributed by atoms with E-state index in [1.807, 2.05) is 0 Å². The number of benzene rings is 1. The lowest BCUT2D eigenvalue weighted by Gasteiger charge is -2.23. The van der Waals surface area contributed by atoms with Crippen molar-refractivity contribution in [2.24, 2.45) is 0 Å². The minimum Gasteiger partial charge on any atom is -0.349 e. The molecule has 1 fully saturated rings. The van der Waals surface area contributed by atoms with E-state index in [0.29, 0.717) is 16.3 Å². The summed E-state index contributed by atoms with van der Waals surface area (Å²) >= 11 is 6.16. The number of nitrogens with zero attached hydrogens (tertiary/aromatic N) is 4. The lowest BCUT2D eigenvalue weighted by atomic mass is 9.95. The van der Waals surface area contributed by atoms with Crippen molar-refractivity contribution in [1.29, 1.82) is 0 Å². The monoisotopic (exact) mass is 362 g/mol. The Balaban J connectivity index is 1.64. The summed E-state index contributed by atoms with van der Waals surface area (Å²) in [6.45, 7) is -0.0147. The van der Waals surface area contributed by atoms with Gasteiger partial charge in [0.25, 0.3) is 5.91 Å². The highest BCUT2D eigenvalue weighted by Gasteiger charge is 2.19. The maximum Gasteiger partial charge on any atom is 0.253 e. The first-order chi connectivity index (χ1) is 12.1. The molecule has 8 nitrogen and oxygen atoms in total. The molecule has 2 aromatic rings. The van der Waals surface area contributed by atoms with E-state index in [4.69, 9.17) is 11.6 Å². The van der Waals surface area contributed by atoms with Crippen LogP contribution in [0.1, 0.15) is 42.5 Å². The third-order valence-corrected chi connectivity index (χ3v) is 4.46. The van der Waals surface area contributed by atoms with E-state index >= 15 is 0 Å². The van der Waals surface area contributed by atoms with Gasteiger partial charge in [-0.15, -0.1) is 5.10 Å². The molecular weight excluding hydrogens is 344 g/mol. The molecule has 0 saturated heterocycles. The van der Waals surface area contributed by atoms with Crippen LogP contribution in [-0.2, 0) is 11.3 Å². The van der Waals surface area contributed by atoms with Gasteiger partial charge in [-0.05, 0) is 41.5 Å². The maximum atomic E-state index is 12.5. The van der Waals surface area contributed by atoms with Crippen LogP contribution in [-0.4, -0.2) is 38.1 Å². The second-order valence-electron chi connectivity index (χ2n) is 6.06. The van der Waals surface area contributed by atoms with E-state index in [9.17, 15) is 9.59 Å². The summed E-state index contributed by atoms with van der Waals surface area (Å²) in [5.74, 6) is -0.512. The fraction of sp³-hybridized carbons (Fsp3) is 0.438. The normalized spacial score (nSPS) is 14.9. The maximum absolute atomic E-state index is 12.5. The summed E-state index contributed by atoms with van der Waals surface area (Å²) in [6, 6.07) is 5.02. The van der Waals surface area contributed by atoms with Crippen molar-refractivity contribution in [3.8, 4) is 0 Å². The number of anilines is 1. The minimum absolute atomic E-state index is 0.0147. The van der Waals surface area contributed by atoms with Crippen LogP contribution in [0.4, 0.5) is 5.69 Å². The molecule has 1 aromatic heterocycles. The third kappa shape index (κ3) is 4.76. The van der Waals surface area contributed by atoms with Gasteiger partial charge in [0.05, 0.1) is 10.6 Å². The highest BCUT2D eigenvalue weighted by molar-refractivity contribution is 6.34. The van der Waals surface area contributed by atoms with Crippen LogP contribution in [0.5, 0.6) is 0 Å². The number of hydrogen-bond donors (Lipinski definition) is 2. The van der Waals surface area contributed by atoms with Gasteiger partial charge in [0.1, 0.15) is 12.9 Å². The van der Waals surface area contributed by atoms with Gasteiger partial charge in [-0.1, -0.05) is 30.9 Å². The van der Waals surface area contributed by atoms with Gasteiger partial charge in [0, 0.05) is 11.7 Å². The van der Waals surface area contributed by atoms with Gasteiger partial charge in [0.15, 0.2) is 0 Å². The highest BCUT2D eigenvalue weighted by Crippen LogP contribution is 2.22. The van der Waals surface area contributed by atoms with E-state index < -0.39 is 0 Å². The molecule has 3 rings (SSSR count). The van der Waals surface area contributed by atoms with Crippen molar-refractivity contribution in [2.45, 2.75) is 44.7 Å². The molecule has 2 N–H and O–H groups in total. The molecule has 1 aliphatic rings. The zero-order valence-corrected chi connectivity index (χ0v) is 14.4. The Kier molecular flexibility index (Phi) is 5.60. The molecular formula is C16H19ClN6O2. The topological polar surface area (TPSA) is 102 Å². The van der Waals surface area contributed by atoms with E-state index in [-0.39, 0.29) is 24.4 Å². The Labute approximate surface area is 149 Å². The van der Waals surface area contributed by atoms with Crippen molar-refractivity contribution in [3.05, 3.63) is 35.1 Å². The van der Waals surface area contributed by atoms with Crippen molar-refractivity contribution in [2.75, 3.05) is 5.32 Å². The second kappa shape index (κ2) is 8.06.